The molecule has 2 heterocycles. The van der Waals surface area contributed by atoms with E-state index in [2.05, 4.69) is 32.2 Å². The van der Waals surface area contributed by atoms with Crippen LogP contribution in [0.2, 0.25) is 0 Å². The number of hydrogen-bond donors (Lipinski definition) is 1. The van der Waals surface area contributed by atoms with Gasteiger partial charge in [0.1, 0.15) is 0 Å². The Labute approximate surface area is 121 Å². The van der Waals surface area contributed by atoms with Crippen LogP contribution in [0.5, 0.6) is 0 Å². The summed E-state index contributed by atoms with van der Waals surface area (Å²) in [5, 5.41) is 3.39. The molecule has 4 nitrogen and oxygen atoms in total. The standard InChI is InChI=1S/C14H18BrN3O/c1-17-12-3-2-11(15)6-13(12)18(9-14(17)19)8-10-4-5-16-7-10/h2-3,6,10,16H,4-5,7-9H2,1H3. The molecule has 2 aliphatic heterocycles. The summed E-state index contributed by atoms with van der Waals surface area (Å²) in [6.07, 6.45) is 1.20. The third-order valence-corrected chi connectivity index (χ3v) is 4.47. The summed E-state index contributed by atoms with van der Waals surface area (Å²) >= 11 is 3.52. The number of carbonyl (C=O) groups excluding carboxylic acids is 1. The lowest BCUT2D eigenvalue weighted by atomic mass is 10.1. The minimum atomic E-state index is 0.167. The van der Waals surface area contributed by atoms with Crippen molar-refractivity contribution in [3.05, 3.63) is 22.7 Å². The van der Waals surface area contributed by atoms with Gasteiger partial charge in [-0.3, -0.25) is 4.79 Å². The summed E-state index contributed by atoms with van der Waals surface area (Å²) in [5.74, 6) is 0.809. The number of likely N-dealkylation sites (N-methyl/N-ethyl adjacent to an activating group) is 1. The van der Waals surface area contributed by atoms with Crippen LogP contribution in [0.4, 0.5) is 11.4 Å². The van der Waals surface area contributed by atoms with Gasteiger partial charge in [-0.15, -0.1) is 0 Å². The fourth-order valence-corrected chi connectivity index (χ4v) is 3.22. The minimum absolute atomic E-state index is 0.167. The highest BCUT2D eigenvalue weighted by atomic mass is 79.9. The monoisotopic (exact) mass is 323 g/mol. The van der Waals surface area contributed by atoms with E-state index < -0.39 is 0 Å². The van der Waals surface area contributed by atoms with Crippen molar-refractivity contribution in [1.82, 2.24) is 5.32 Å². The Morgan fingerprint density at radius 1 is 1.42 bits per heavy atom. The van der Waals surface area contributed by atoms with Crippen molar-refractivity contribution in [2.45, 2.75) is 6.42 Å². The lowest BCUT2D eigenvalue weighted by Crippen LogP contribution is -2.45. The topological polar surface area (TPSA) is 35.6 Å². The van der Waals surface area contributed by atoms with Crippen LogP contribution in [0.25, 0.3) is 0 Å². The Hall–Kier alpha value is -1.07. The third kappa shape index (κ3) is 2.49. The quantitative estimate of drug-likeness (QED) is 0.902. The molecule has 0 aromatic heterocycles. The van der Waals surface area contributed by atoms with E-state index in [-0.39, 0.29) is 5.91 Å². The normalized spacial score (nSPS) is 22.8. The van der Waals surface area contributed by atoms with Gasteiger partial charge in [-0.1, -0.05) is 15.9 Å². The number of amides is 1. The number of nitrogens with zero attached hydrogens (tertiary/aromatic N) is 2. The molecule has 0 bridgehead atoms. The van der Waals surface area contributed by atoms with Crippen molar-refractivity contribution in [2.24, 2.45) is 5.92 Å². The molecule has 0 radical (unpaired) electrons. The van der Waals surface area contributed by atoms with Crippen molar-refractivity contribution in [3.63, 3.8) is 0 Å². The van der Waals surface area contributed by atoms with E-state index in [4.69, 9.17) is 0 Å². The number of halogens is 1. The molecule has 1 amide bonds. The van der Waals surface area contributed by atoms with Crippen LogP contribution in [0.15, 0.2) is 22.7 Å². The van der Waals surface area contributed by atoms with Gasteiger partial charge in [0.25, 0.3) is 0 Å². The summed E-state index contributed by atoms with van der Waals surface area (Å²) in [4.78, 5) is 16.1. The number of hydrogen-bond acceptors (Lipinski definition) is 3. The van der Waals surface area contributed by atoms with Crippen molar-refractivity contribution < 1.29 is 4.79 Å². The molecule has 0 saturated carbocycles. The maximum Gasteiger partial charge on any atom is 0.246 e. The fourth-order valence-electron chi connectivity index (χ4n) is 2.87. The van der Waals surface area contributed by atoms with Gasteiger partial charge in [-0.2, -0.15) is 0 Å². The average Bonchev–Trinajstić information content (AvgIpc) is 2.88. The maximum absolute atomic E-state index is 12.1. The van der Waals surface area contributed by atoms with E-state index in [1.54, 1.807) is 4.90 Å². The first-order chi connectivity index (χ1) is 9.15. The van der Waals surface area contributed by atoms with Gasteiger partial charge in [0.05, 0.1) is 17.9 Å². The molecule has 1 atom stereocenters. The molecular weight excluding hydrogens is 306 g/mol. The number of nitrogens with one attached hydrogen (secondary N) is 1. The first kappa shape index (κ1) is 12.9. The fraction of sp³-hybridized carbons (Fsp3) is 0.500. The number of rotatable bonds is 2. The van der Waals surface area contributed by atoms with E-state index in [1.165, 1.54) is 6.42 Å². The third-order valence-electron chi connectivity index (χ3n) is 3.98. The number of carbonyl (C=O) groups is 1. The zero-order valence-electron chi connectivity index (χ0n) is 11.0. The zero-order valence-corrected chi connectivity index (χ0v) is 12.6. The second kappa shape index (κ2) is 5.13. The largest absolute Gasteiger partial charge is 0.360 e. The summed E-state index contributed by atoms with van der Waals surface area (Å²) in [6, 6.07) is 6.11. The van der Waals surface area contributed by atoms with Gasteiger partial charge in [-0.05, 0) is 43.6 Å². The van der Waals surface area contributed by atoms with E-state index in [0.29, 0.717) is 12.5 Å². The molecular formula is C14H18BrN3O. The molecule has 0 spiro atoms. The number of benzene rings is 1. The van der Waals surface area contributed by atoms with E-state index >= 15 is 0 Å². The van der Waals surface area contributed by atoms with Crippen LogP contribution in [-0.2, 0) is 4.79 Å². The lowest BCUT2D eigenvalue weighted by Gasteiger charge is -2.36. The molecule has 0 aliphatic carbocycles. The molecule has 102 valence electrons. The summed E-state index contributed by atoms with van der Waals surface area (Å²) in [5.41, 5.74) is 2.16. The van der Waals surface area contributed by atoms with Gasteiger partial charge in [0.15, 0.2) is 0 Å². The molecule has 1 fully saturated rings. The Bertz CT molecular complexity index is 499. The van der Waals surface area contributed by atoms with Gasteiger partial charge in [0, 0.05) is 18.1 Å². The Kier molecular flexibility index (Phi) is 3.50. The summed E-state index contributed by atoms with van der Waals surface area (Å²) < 4.78 is 1.06. The smallest absolute Gasteiger partial charge is 0.246 e. The molecule has 1 aromatic rings. The van der Waals surface area contributed by atoms with Crippen LogP contribution in [0, 0.1) is 5.92 Å². The molecule has 2 aliphatic rings. The van der Waals surface area contributed by atoms with Gasteiger partial charge in [-0.25, -0.2) is 0 Å². The van der Waals surface area contributed by atoms with E-state index in [9.17, 15) is 4.79 Å². The van der Waals surface area contributed by atoms with Gasteiger partial charge >= 0.3 is 0 Å². The molecule has 1 saturated heterocycles. The first-order valence-electron chi connectivity index (χ1n) is 6.67. The summed E-state index contributed by atoms with van der Waals surface area (Å²) in [7, 11) is 1.85. The zero-order chi connectivity index (χ0) is 13.4. The predicted molar refractivity (Wildman–Crippen MR) is 80.7 cm³/mol. The number of fused-ring (bicyclic) bond motifs is 1. The van der Waals surface area contributed by atoms with Crippen LogP contribution in [0.1, 0.15) is 6.42 Å². The molecule has 19 heavy (non-hydrogen) atoms. The molecule has 1 unspecified atom stereocenters. The average molecular weight is 324 g/mol. The number of anilines is 2. The van der Waals surface area contributed by atoms with Crippen molar-refractivity contribution in [3.8, 4) is 0 Å². The predicted octanol–water partition coefficient (Wildman–Crippen LogP) is 1.84. The summed E-state index contributed by atoms with van der Waals surface area (Å²) in [6.45, 7) is 3.59. The van der Waals surface area contributed by atoms with Crippen molar-refractivity contribution in [2.75, 3.05) is 43.0 Å². The van der Waals surface area contributed by atoms with Crippen molar-refractivity contribution >= 4 is 33.2 Å². The maximum atomic E-state index is 12.1. The Morgan fingerprint density at radius 2 is 2.26 bits per heavy atom. The highest BCUT2D eigenvalue weighted by Gasteiger charge is 2.29. The second-order valence-electron chi connectivity index (χ2n) is 5.33. The molecule has 1 N–H and O–H groups in total. The second-order valence-corrected chi connectivity index (χ2v) is 6.24. The highest BCUT2D eigenvalue weighted by Crippen LogP contribution is 2.35. The molecule has 3 rings (SSSR count). The minimum Gasteiger partial charge on any atom is -0.360 e. The Balaban J connectivity index is 1.90. The Morgan fingerprint density at radius 3 is 3.00 bits per heavy atom. The van der Waals surface area contributed by atoms with Crippen molar-refractivity contribution in [1.29, 1.82) is 0 Å². The van der Waals surface area contributed by atoms with Gasteiger partial charge < -0.3 is 15.1 Å². The highest BCUT2D eigenvalue weighted by molar-refractivity contribution is 9.10. The van der Waals surface area contributed by atoms with Crippen LogP contribution < -0.4 is 15.1 Å². The van der Waals surface area contributed by atoms with E-state index in [1.807, 2.05) is 19.2 Å². The van der Waals surface area contributed by atoms with Crippen LogP contribution in [-0.4, -0.2) is 39.1 Å². The first-order valence-corrected chi connectivity index (χ1v) is 7.46. The van der Waals surface area contributed by atoms with E-state index in [0.717, 1.165) is 35.5 Å². The molecule has 1 aromatic carbocycles. The molecule has 5 heteroatoms. The van der Waals surface area contributed by atoms with Gasteiger partial charge in [0.2, 0.25) is 5.91 Å². The SMILES string of the molecule is CN1C(=O)CN(CC2CCNC2)c2cc(Br)ccc21. The van der Waals surface area contributed by atoms with Crippen LogP contribution >= 0.6 is 15.9 Å². The van der Waals surface area contributed by atoms with Crippen LogP contribution in [0.3, 0.4) is 0 Å². The lowest BCUT2D eigenvalue weighted by molar-refractivity contribution is -0.117.